The second-order valence-corrected chi connectivity index (χ2v) is 5.12. The summed E-state index contributed by atoms with van der Waals surface area (Å²) in [5, 5.41) is 4.75. The number of hydrogen-bond donors (Lipinski definition) is 3. The smallest absolute Gasteiger partial charge is 0.254 e. The monoisotopic (exact) mass is 325 g/mol. The molecule has 0 radical (unpaired) electrons. The predicted octanol–water partition coefficient (Wildman–Crippen LogP) is 0.566. The van der Waals surface area contributed by atoms with E-state index in [1.165, 1.54) is 0 Å². The molecule has 0 bridgehead atoms. The van der Waals surface area contributed by atoms with E-state index in [-0.39, 0.29) is 12.3 Å². The van der Waals surface area contributed by atoms with Crippen molar-refractivity contribution in [2.24, 2.45) is 0 Å². The largest absolute Gasteiger partial charge is 0.398 e. The third-order valence-electron chi connectivity index (χ3n) is 2.80. The van der Waals surface area contributed by atoms with Crippen LogP contribution in [0.3, 0.4) is 0 Å². The van der Waals surface area contributed by atoms with Gasteiger partial charge in [-0.2, -0.15) is 0 Å². The summed E-state index contributed by atoms with van der Waals surface area (Å²) in [5.74, 6) is -1.25. The average Bonchev–Trinajstić information content (AvgIpc) is 2.35. The molecule has 0 aromatic heterocycles. The molecule has 7 heteroatoms. The lowest BCUT2D eigenvalue weighted by molar-refractivity contribution is -0.134. The molecule has 3 amide bonds. The number of carbonyl (C=O) groups is 3. The normalized spacial score (nSPS) is 18.9. The fourth-order valence-electron chi connectivity index (χ4n) is 1.79. The fourth-order valence-corrected chi connectivity index (χ4v) is 2.15. The van der Waals surface area contributed by atoms with Gasteiger partial charge in [-0.1, -0.05) is 15.9 Å². The van der Waals surface area contributed by atoms with E-state index in [9.17, 15) is 14.4 Å². The molecule has 1 unspecified atom stereocenters. The number of nitrogens with one attached hydrogen (secondary N) is 2. The van der Waals surface area contributed by atoms with Crippen molar-refractivity contribution in [3.8, 4) is 0 Å². The van der Waals surface area contributed by atoms with E-state index in [1.807, 2.05) is 0 Å². The molecule has 1 aliphatic heterocycles. The van der Waals surface area contributed by atoms with Crippen LogP contribution in [0.1, 0.15) is 23.2 Å². The van der Waals surface area contributed by atoms with Crippen LogP contribution in [-0.2, 0) is 9.59 Å². The third kappa shape index (κ3) is 3.11. The number of halogens is 1. The van der Waals surface area contributed by atoms with Gasteiger partial charge >= 0.3 is 0 Å². The van der Waals surface area contributed by atoms with E-state index in [2.05, 4.69) is 26.6 Å². The van der Waals surface area contributed by atoms with Gasteiger partial charge < -0.3 is 11.1 Å². The Morgan fingerprint density at radius 3 is 2.84 bits per heavy atom. The summed E-state index contributed by atoms with van der Waals surface area (Å²) in [6, 6.07) is 4.20. The third-order valence-corrected chi connectivity index (χ3v) is 3.30. The minimum Gasteiger partial charge on any atom is -0.398 e. The van der Waals surface area contributed by atoms with Crippen molar-refractivity contribution in [3.05, 3.63) is 28.2 Å². The van der Waals surface area contributed by atoms with Crippen molar-refractivity contribution in [2.45, 2.75) is 18.9 Å². The summed E-state index contributed by atoms with van der Waals surface area (Å²) in [6.07, 6.45) is 0.509. The molecule has 1 heterocycles. The number of nitrogens with two attached hydrogens (primary N) is 1. The van der Waals surface area contributed by atoms with Crippen molar-refractivity contribution in [2.75, 3.05) is 5.73 Å². The minimum absolute atomic E-state index is 0.213. The van der Waals surface area contributed by atoms with E-state index in [4.69, 9.17) is 5.73 Å². The number of rotatable bonds is 2. The zero-order valence-electron chi connectivity index (χ0n) is 9.90. The van der Waals surface area contributed by atoms with E-state index in [0.717, 1.165) is 4.47 Å². The zero-order valence-corrected chi connectivity index (χ0v) is 11.5. The van der Waals surface area contributed by atoms with Crippen LogP contribution in [-0.4, -0.2) is 23.8 Å². The topological polar surface area (TPSA) is 101 Å². The van der Waals surface area contributed by atoms with Gasteiger partial charge in [0.1, 0.15) is 6.04 Å². The van der Waals surface area contributed by atoms with E-state index < -0.39 is 17.9 Å². The maximum absolute atomic E-state index is 12.0. The summed E-state index contributed by atoms with van der Waals surface area (Å²) >= 11 is 3.25. The molecule has 19 heavy (non-hydrogen) atoms. The molecule has 1 aromatic rings. The molecule has 6 nitrogen and oxygen atoms in total. The Labute approximate surface area is 117 Å². The van der Waals surface area contributed by atoms with Crippen LogP contribution in [0.5, 0.6) is 0 Å². The van der Waals surface area contributed by atoms with Crippen LogP contribution in [0.2, 0.25) is 0 Å². The van der Waals surface area contributed by atoms with Crippen molar-refractivity contribution >= 4 is 39.3 Å². The van der Waals surface area contributed by atoms with Crippen LogP contribution in [0.4, 0.5) is 5.69 Å². The Kier molecular flexibility index (Phi) is 3.84. The highest BCUT2D eigenvalue weighted by atomic mass is 79.9. The van der Waals surface area contributed by atoms with Gasteiger partial charge in [0, 0.05) is 16.6 Å². The highest BCUT2D eigenvalue weighted by Gasteiger charge is 2.28. The lowest BCUT2D eigenvalue weighted by Gasteiger charge is -2.22. The van der Waals surface area contributed by atoms with Crippen LogP contribution >= 0.6 is 15.9 Å². The van der Waals surface area contributed by atoms with E-state index >= 15 is 0 Å². The first-order chi connectivity index (χ1) is 8.97. The molecule has 4 N–H and O–H groups in total. The number of piperidine rings is 1. The second kappa shape index (κ2) is 5.40. The maximum atomic E-state index is 12.0. The molecule has 0 saturated carbocycles. The number of anilines is 1. The number of benzene rings is 1. The summed E-state index contributed by atoms with van der Waals surface area (Å²) in [7, 11) is 0. The Morgan fingerprint density at radius 1 is 1.42 bits per heavy atom. The van der Waals surface area contributed by atoms with Crippen LogP contribution in [0, 0.1) is 0 Å². The SMILES string of the molecule is Nc1ccc(Br)cc1C(=O)NC1CCC(=O)NC1=O. The molecular formula is C12H12BrN3O3. The Balaban J connectivity index is 2.11. The van der Waals surface area contributed by atoms with Gasteiger partial charge in [-0.25, -0.2) is 0 Å². The molecule has 0 aliphatic carbocycles. The highest BCUT2D eigenvalue weighted by molar-refractivity contribution is 9.10. The van der Waals surface area contributed by atoms with Crippen molar-refractivity contribution < 1.29 is 14.4 Å². The number of hydrogen-bond acceptors (Lipinski definition) is 4. The first-order valence-corrected chi connectivity index (χ1v) is 6.46. The molecule has 1 aliphatic rings. The quantitative estimate of drug-likeness (QED) is 0.546. The van der Waals surface area contributed by atoms with Gasteiger partial charge in [0.15, 0.2) is 0 Å². The van der Waals surface area contributed by atoms with Gasteiger partial charge in [-0.05, 0) is 24.6 Å². The number of amides is 3. The molecule has 1 atom stereocenters. The van der Waals surface area contributed by atoms with Gasteiger partial charge in [-0.15, -0.1) is 0 Å². The van der Waals surface area contributed by atoms with Crippen LogP contribution in [0.15, 0.2) is 22.7 Å². The molecule has 1 fully saturated rings. The standard InChI is InChI=1S/C12H12BrN3O3/c13-6-1-2-8(14)7(5-6)11(18)15-9-3-4-10(17)16-12(9)19/h1-2,5,9H,3-4,14H2,(H,15,18)(H,16,17,19). The zero-order chi connectivity index (χ0) is 14.0. The lowest BCUT2D eigenvalue weighted by Crippen LogP contribution is -2.52. The fraction of sp³-hybridized carbons (Fsp3) is 0.250. The Bertz CT molecular complexity index is 559. The summed E-state index contributed by atoms with van der Waals surface area (Å²) in [5.41, 5.74) is 6.33. The van der Waals surface area contributed by atoms with E-state index in [0.29, 0.717) is 17.7 Å². The number of imide groups is 1. The molecule has 1 saturated heterocycles. The maximum Gasteiger partial charge on any atom is 0.254 e. The number of nitrogen functional groups attached to an aromatic ring is 1. The van der Waals surface area contributed by atoms with Crippen molar-refractivity contribution in [1.29, 1.82) is 0 Å². The average molecular weight is 326 g/mol. The first kappa shape index (κ1) is 13.5. The van der Waals surface area contributed by atoms with Gasteiger partial charge in [-0.3, -0.25) is 19.7 Å². The van der Waals surface area contributed by atoms with Crippen molar-refractivity contribution in [1.82, 2.24) is 10.6 Å². The number of carbonyl (C=O) groups excluding carboxylic acids is 3. The molecular weight excluding hydrogens is 314 g/mol. The molecule has 2 rings (SSSR count). The Morgan fingerprint density at radius 2 is 2.16 bits per heavy atom. The van der Waals surface area contributed by atoms with Gasteiger partial charge in [0.2, 0.25) is 11.8 Å². The second-order valence-electron chi connectivity index (χ2n) is 4.21. The Hall–Kier alpha value is -1.89. The van der Waals surface area contributed by atoms with Crippen LogP contribution < -0.4 is 16.4 Å². The first-order valence-electron chi connectivity index (χ1n) is 5.67. The molecule has 1 aromatic carbocycles. The highest BCUT2D eigenvalue weighted by Crippen LogP contribution is 2.18. The lowest BCUT2D eigenvalue weighted by atomic mass is 10.1. The molecule has 0 spiro atoms. The molecule has 100 valence electrons. The summed E-state index contributed by atoms with van der Waals surface area (Å²) < 4.78 is 0.718. The van der Waals surface area contributed by atoms with Gasteiger partial charge in [0.05, 0.1) is 5.56 Å². The van der Waals surface area contributed by atoms with Gasteiger partial charge in [0.25, 0.3) is 5.91 Å². The summed E-state index contributed by atoms with van der Waals surface area (Å²) in [4.78, 5) is 34.6. The predicted molar refractivity (Wildman–Crippen MR) is 72.2 cm³/mol. The minimum atomic E-state index is -0.705. The van der Waals surface area contributed by atoms with E-state index in [1.54, 1.807) is 18.2 Å². The van der Waals surface area contributed by atoms with Crippen molar-refractivity contribution in [3.63, 3.8) is 0 Å². The van der Waals surface area contributed by atoms with Crippen LogP contribution in [0.25, 0.3) is 0 Å². The summed E-state index contributed by atoms with van der Waals surface area (Å²) in [6.45, 7) is 0.